The monoisotopic (exact) mass is 389 g/mol. The van der Waals surface area contributed by atoms with Crippen LogP contribution in [0.2, 0.25) is 0 Å². The number of benzene rings is 1. The number of ether oxygens (including phenoxy) is 1. The van der Waals surface area contributed by atoms with Gasteiger partial charge in [-0.1, -0.05) is 22.0 Å². The number of rotatable bonds is 4. The van der Waals surface area contributed by atoms with Crippen LogP contribution in [0.5, 0.6) is 11.6 Å². The van der Waals surface area contributed by atoms with Crippen molar-refractivity contribution in [1.29, 1.82) is 0 Å². The minimum Gasteiger partial charge on any atom is -0.438 e. The molecule has 2 atom stereocenters. The highest BCUT2D eigenvalue weighted by atomic mass is 79.9. The zero-order chi connectivity index (χ0) is 16.9. The van der Waals surface area contributed by atoms with Crippen molar-refractivity contribution >= 4 is 21.8 Å². The average Bonchev–Trinajstić information content (AvgIpc) is 2.55. The van der Waals surface area contributed by atoms with Gasteiger partial charge >= 0.3 is 0 Å². The Morgan fingerprint density at radius 2 is 2.25 bits per heavy atom. The highest BCUT2D eigenvalue weighted by Crippen LogP contribution is 2.25. The molecule has 2 heterocycles. The molecule has 0 saturated carbocycles. The van der Waals surface area contributed by atoms with Crippen LogP contribution in [0.15, 0.2) is 47.1 Å². The predicted octanol–water partition coefficient (Wildman–Crippen LogP) is 3.51. The van der Waals surface area contributed by atoms with Crippen LogP contribution in [-0.4, -0.2) is 29.5 Å². The molecule has 5 nitrogen and oxygen atoms in total. The van der Waals surface area contributed by atoms with E-state index in [4.69, 9.17) is 4.74 Å². The first-order valence-corrected chi connectivity index (χ1v) is 8.84. The Balaban J connectivity index is 1.74. The number of piperidine rings is 1. The van der Waals surface area contributed by atoms with Crippen molar-refractivity contribution in [2.45, 2.75) is 31.8 Å². The molecule has 0 spiro atoms. The number of halogens is 1. The zero-order valence-electron chi connectivity index (χ0n) is 13.5. The highest BCUT2D eigenvalue weighted by Gasteiger charge is 2.22. The van der Waals surface area contributed by atoms with Gasteiger partial charge in [0.25, 0.3) is 5.91 Å². The number of pyridine rings is 1. The van der Waals surface area contributed by atoms with Crippen LogP contribution in [0.25, 0.3) is 0 Å². The Morgan fingerprint density at radius 1 is 1.38 bits per heavy atom. The standard InChI is InChI=1S/C18H20BrN3O2/c1-12-10-14(7-9-20-12)22-17(23)16-6-3-8-21-18(16)24-15-5-2-4-13(19)11-15/h2-6,8,11-12,14,20H,7,9-10H2,1H3,(H,22,23). The predicted molar refractivity (Wildman–Crippen MR) is 96.4 cm³/mol. The molecule has 1 aromatic carbocycles. The molecule has 1 fully saturated rings. The number of hydrogen-bond acceptors (Lipinski definition) is 4. The molecule has 2 aromatic rings. The van der Waals surface area contributed by atoms with Gasteiger partial charge in [-0.05, 0) is 56.6 Å². The van der Waals surface area contributed by atoms with Gasteiger partial charge in [0.1, 0.15) is 11.3 Å². The minimum atomic E-state index is -0.146. The van der Waals surface area contributed by atoms with E-state index in [0.717, 1.165) is 23.9 Å². The van der Waals surface area contributed by atoms with Crippen molar-refractivity contribution < 1.29 is 9.53 Å². The number of nitrogens with zero attached hydrogens (tertiary/aromatic N) is 1. The molecule has 24 heavy (non-hydrogen) atoms. The quantitative estimate of drug-likeness (QED) is 0.839. The van der Waals surface area contributed by atoms with Crippen molar-refractivity contribution in [3.8, 4) is 11.6 Å². The molecule has 3 rings (SSSR count). The fraction of sp³-hybridized carbons (Fsp3) is 0.333. The Labute approximate surface area is 149 Å². The number of carbonyl (C=O) groups excluding carboxylic acids is 1. The van der Waals surface area contributed by atoms with E-state index < -0.39 is 0 Å². The van der Waals surface area contributed by atoms with Crippen molar-refractivity contribution in [3.63, 3.8) is 0 Å². The molecule has 1 amide bonds. The SMILES string of the molecule is CC1CC(NC(=O)c2cccnc2Oc2cccc(Br)c2)CCN1. The molecule has 0 aliphatic carbocycles. The lowest BCUT2D eigenvalue weighted by Crippen LogP contribution is -2.46. The maximum Gasteiger partial charge on any atom is 0.257 e. The van der Waals surface area contributed by atoms with E-state index in [0.29, 0.717) is 23.2 Å². The highest BCUT2D eigenvalue weighted by molar-refractivity contribution is 9.10. The maximum absolute atomic E-state index is 12.6. The summed E-state index contributed by atoms with van der Waals surface area (Å²) in [5, 5.41) is 6.48. The van der Waals surface area contributed by atoms with Crippen LogP contribution in [0.3, 0.4) is 0 Å². The van der Waals surface area contributed by atoms with Crippen molar-refractivity contribution in [3.05, 3.63) is 52.6 Å². The second kappa shape index (κ2) is 7.77. The number of amides is 1. The van der Waals surface area contributed by atoms with Gasteiger partial charge in [0.15, 0.2) is 0 Å². The summed E-state index contributed by atoms with van der Waals surface area (Å²) in [4.78, 5) is 16.9. The van der Waals surface area contributed by atoms with Crippen molar-refractivity contribution in [2.24, 2.45) is 0 Å². The molecule has 1 aromatic heterocycles. The van der Waals surface area contributed by atoms with E-state index in [2.05, 4.69) is 38.5 Å². The number of carbonyl (C=O) groups is 1. The molecular formula is C18H20BrN3O2. The number of hydrogen-bond donors (Lipinski definition) is 2. The normalized spacial score (nSPS) is 20.4. The number of nitrogens with one attached hydrogen (secondary N) is 2. The van der Waals surface area contributed by atoms with E-state index in [-0.39, 0.29) is 11.9 Å². The van der Waals surface area contributed by atoms with Gasteiger partial charge < -0.3 is 15.4 Å². The molecule has 1 aliphatic rings. The zero-order valence-corrected chi connectivity index (χ0v) is 15.0. The van der Waals surface area contributed by atoms with Gasteiger partial charge in [-0.15, -0.1) is 0 Å². The largest absolute Gasteiger partial charge is 0.438 e. The molecule has 126 valence electrons. The summed E-state index contributed by atoms with van der Waals surface area (Å²) in [6, 6.07) is 11.5. The third kappa shape index (κ3) is 4.33. The van der Waals surface area contributed by atoms with Crippen LogP contribution < -0.4 is 15.4 Å². The molecule has 2 N–H and O–H groups in total. The first-order valence-electron chi connectivity index (χ1n) is 8.04. The maximum atomic E-state index is 12.6. The van der Waals surface area contributed by atoms with Crippen molar-refractivity contribution in [1.82, 2.24) is 15.6 Å². The first kappa shape index (κ1) is 16.9. The summed E-state index contributed by atoms with van der Waals surface area (Å²) in [7, 11) is 0. The lowest BCUT2D eigenvalue weighted by molar-refractivity contribution is 0.0922. The second-order valence-electron chi connectivity index (χ2n) is 5.97. The third-order valence-corrected chi connectivity index (χ3v) is 4.48. The summed E-state index contributed by atoms with van der Waals surface area (Å²) in [5.74, 6) is 0.801. The van der Waals surface area contributed by atoms with Gasteiger partial charge in [-0.2, -0.15) is 0 Å². The molecule has 2 unspecified atom stereocenters. The molecule has 1 aliphatic heterocycles. The average molecular weight is 390 g/mol. The molecular weight excluding hydrogens is 370 g/mol. The summed E-state index contributed by atoms with van der Waals surface area (Å²) in [5.41, 5.74) is 0.448. The first-order chi connectivity index (χ1) is 11.6. The van der Waals surface area contributed by atoms with E-state index >= 15 is 0 Å². The van der Waals surface area contributed by atoms with Crippen LogP contribution in [0.1, 0.15) is 30.1 Å². The van der Waals surface area contributed by atoms with Gasteiger partial charge in [-0.3, -0.25) is 4.79 Å². The van der Waals surface area contributed by atoms with Crippen LogP contribution >= 0.6 is 15.9 Å². The Morgan fingerprint density at radius 3 is 3.04 bits per heavy atom. The van der Waals surface area contributed by atoms with Crippen LogP contribution in [-0.2, 0) is 0 Å². The summed E-state index contributed by atoms with van der Waals surface area (Å²) in [6.07, 6.45) is 3.47. The minimum absolute atomic E-state index is 0.146. The van der Waals surface area contributed by atoms with Gasteiger partial charge in [0.2, 0.25) is 5.88 Å². The lowest BCUT2D eigenvalue weighted by Gasteiger charge is -2.28. The fourth-order valence-corrected chi connectivity index (χ4v) is 3.19. The smallest absolute Gasteiger partial charge is 0.257 e. The van der Waals surface area contributed by atoms with E-state index in [1.165, 1.54) is 0 Å². The second-order valence-corrected chi connectivity index (χ2v) is 6.88. The molecule has 1 saturated heterocycles. The lowest BCUT2D eigenvalue weighted by atomic mass is 10.0. The van der Waals surface area contributed by atoms with E-state index in [1.807, 2.05) is 24.3 Å². The fourth-order valence-electron chi connectivity index (χ4n) is 2.81. The topological polar surface area (TPSA) is 63.2 Å². The number of aromatic nitrogens is 1. The summed E-state index contributed by atoms with van der Waals surface area (Å²) in [6.45, 7) is 3.05. The Bertz CT molecular complexity index is 723. The molecule has 0 radical (unpaired) electrons. The van der Waals surface area contributed by atoms with Crippen LogP contribution in [0.4, 0.5) is 0 Å². The van der Waals surface area contributed by atoms with Crippen LogP contribution in [0, 0.1) is 0 Å². The van der Waals surface area contributed by atoms with E-state index in [9.17, 15) is 4.79 Å². The summed E-state index contributed by atoms with van der Waals surface area (Å²) >= 11 is 3.41. The summed E-state index contributed by atoms with van der Waals surface area (Å²) < 4.78 is 6.72. The molecule has 0 bridgehead atoms. The molecule has 6 heteroatoms. The van der Waals surface area contributed by atoms with Gasteiger partial charge in [0.05, 0.1) is 0 Å². The third-order valence-electron chi connectivity index (χ3n) is 3.99. The Hall–Kier alpha value is -1.92. The van der Waals surface area contributed by atoms with Gasteiger partial charge in [0, 0.05) is 22.8 Å². The van der Waals surface area contributed by atoms with Gasteiger partial charge in [-0.25, -0.2) is 4.98 Å². The Kier molecular flexibility index (Phi) is 5.48. The van der Waals surface area contributed by atoms with E-state index in [1.54, 1.807) is 18.3 Å². The van der Waals surface area contributed by atoms with Crippen molar-refractivity contribution in [2.75, 3.05) is 6.54 Å².